The van der Waals surface area contributed by atoms with Crippen LogP contribution in [0.3, 0.4) is 0 Å². The van der Waals surface area contributed by atoms with Crippen molar-refractivity contribution in [3.63, 3.8) is 0 Å². The quantitative estimate of drug-likeness (QED) is 0.861. The molecule has 2 aromatic heterocycles. The van der Waals surface area contributed by atoms with Crippen molar-refractivity contribution in [3.8, 4) is 0 Å². The van der Waals surface area contributed by atoms with E-state index in [1.807, 2.05) is 12.3 Å². The van der Waals surface area contributed by atoms with E-state index in [1.54, 1.807) is 0 Å². The van der Waals surface area contributed by atoms with Crippen LogP contribution in [0.15, 0.2) is 18.3 Å². The highest BCUT2D eigenvalue weighted by Gasteiger charge is 2.25. The van der Waals surface area contributed by atoms with Gasteiger partial charge in [0.25, 0.3) is 0 Å². The van der Waals surface area contributed by atoms with Crippen LogP contribution in [0, 0.1) is 5.92 Å². The molecule has 3 nitrogen and oxygen atoms in total. The van der Waals surface area contributed by atoms with Gasteiger partial charge in [0.1, 0.15) is 11.3 Å². The minimum atomic E-state index is 0.600. The van der Waals surface area contributed by atoms with Gasteiger partial charge in [0.15, 0.2) is 5.65 Å². The topological polar surface area (TPSA) is 30.7 Å². The third kappa shape index (κ3) is 2.82. The highest BCUT2D eigenvalue weighted by Crippen LogP contribution is 2.33. The van der Waals surface area contributed by atoms with Crippen molar-refractivity contribution >= 4 is 34.7 Å². The summed E-state index contributed by atoms with van der Waals surface area (Å²) in [5.41, 5.74) is 2.18. The molecule has 0 amide bonds. The summed E-state index contributed by atoms with van der Waals surface area (Å²) in [7, 11) is 0. The van der Waals surface area contributed by atoms with Gasteiger partial charge in [-0.15, -0.1) is 0 Å². The second-order valence-electron chi connectivity index (χ2n) is 6.02. The molecule has 0 bridgehead atoms. The standard InChI is InChI=1S/C16H21N3S2/c1-2-14-16(17-6-1)19(13-5-9-21-11-13)15(18-14)10-12-3-7-20-8-4-12/h1-2,6,12-13H,3-5,7-11H2. The molecule has 112 valence electrons. The van der Waals surface area contributed by atoms with Crippen LogP contribution in [0.5, 0.6) is 0 Å². The summed E-state index contributed by atoms with van der Waals surface area (Å²) in [6, 6.07) is 4.72. The minimum Gasteiger partial charge on any atom is -0.309 e. The number of nitrogens with zero attached hydrogens (tertiary/aromatic N) is 3. The van der Waals surface area contributed by atoms with E-state index in [0.29, 0.717) is 6.04 Å². The van der Waals surface area contributed by atoms with Crippen LogP contribution >= 0.6 is 23.5 Å². The Morgan fingerprint density at radius 3 is 2.81 bits per heavy atom. The molecule has 1 unspecified atom stereocenters. The maximum absolute atomic E-state index is 4.94. The lowest BCUT2D eigenvalue weighted by molar-refractivity contribution is 0.450. The van der Waals surface area contributed by atoms with Crippen LogP contribution in [0.4, 0.5) is 0 Å². The van der Waals surface area contributed by atoms with Crippen LogP contribution in [-0.4, -0.2) is 37.5 Å². The molecule has 0 N–H and O–H groups in total. The molecule has 2 aromatic rings. The van der Waals surface area contributed by atoms with Crippen molar-refractivity contribution in [3.05, 3.63) is 24.2 Å². The second-order valence-corrected chi connectivity index (χ2v) is 8.40. The van der Waals surface area contributed by atoms with E-state index >= 15 is 0 Å². The zero-order valence-electron chi connectivity index (χ0n) is 12.2. The van der Waals surface area contributed by atoms with Gasteiger partial charge in [-0.05, 0) is 54.6 Å². The first-order valence-corrected chi connectivity index (χ1v) is 10.2. The Labute approximate surface area is 134 Å². The highest BCUT2D eigenvalue weighted by molar-refractivity contribution is 7.99. The van der Waals surface area contributed by atoms with Crippen LogP contribution in [-0.2, 0) is 6.42 Å². The molecule has 0 spiro atoms. The summed E-state index contributed by atoms with van der Waals surface area (Å²) >= 11 is 4.16. The van der Waals surface area contributed by atoms with Gasteiger partial charge >= 0.3 is 0 Å². The second kappa shape index (κ2) is 6.21. The Balaban J connectivity index is 1.70. The third-order valence-electron chi connectivity index (χ3n) is 4.60. The molecule has 0 saturated carbocycles. The van der Waals surface area contributed by atoms with Gasteiger partial charge in [-0.1, -0.05) is 0 Å². The molecule has 2 aliphatic heterocycles. The van der Waals surface area contributed by atoms with Crippen LogP contribution < -0.4 is 0 Å². The number of aromatic nitrogens is 3. The van der Waals surface area contributed by atoms with Crippen molar-refractivity contribution in [1.29, 1.82) is 0 Å². The van der Waals surface area contributed by atoms with E-state index in [4.69, 9.17) is 4.98 Å². The third-order valence-corrected chi connectivity index (χ3v) is 6.80. The van der Waals surface area contributed by atoms with Gasteiger partial charge in [-0.3, -0.25) is 0 Å². The van der Waals surface area contributed by atoms with E-state index in [-0.39, 0.29) is 0 Å². The van der Waals surface area contributed by atoms with Crippen LogP contribution in [0.2, 0.25) is 0 Å². The first-order valence-electron chi connectivity index (χ1n) is 7.89. The first-order chi connectivity index (χ1) is 10.4. The molecule has 4 heterocycles. The number of thioether (sulfide) groups is 2. The molecule has 2 aliphatic rings. The van der Waals surface area contributed by atoms with E-state index < -0.39 is 0 Å². The zero-order chi connectivity index (χ0) is 14.1. The molecule has 0 aliphatic carbocycles. The predicted octanol–water partition coefficient (Wildman–Crippen LogP) is 3.80. The monoisotopic (exact) mass is 319 g/mol. The number of hydrogen-bond donors (Lipinski definition) is 0. The predicted molar refractivity (Wildman–Crippen MR) is 92.3 cm³/mol. The van der Waals surface area contributed by atoms with Gasteiger partial charge < -0.3 is 4.57 Å². The average Bonchev–Trinajstić information content (AvgIpc) is 3.14. The molecule has 21 heavy (non-hydrogen) atoms. The normalized spacial score (nSPS) is 23.9. The van der Waals surface area contributed by atoms with Gasteiger partial charge in [0, 0.05) is 24.4 Å². The molecule has 0 radical (unpaired) electrons. The summed E-state index contributed by atoms with van der Waals surface area (Å²) in [4.78, 5) is 9.56. The molecule has 4 rings (SSSR count). The van der Waals surface area contributed by atoms with Gasteiger partial charge in [0.05, 0.1) is 0 Å². The first kappa shape index (κ1) is 13.9. The number of fused-ring (bicyclic) bond motifs is 1. The van der Waals surface area contributed by atoms with E-state index in [2.05, 4.69) is 39.1 Å². The maximum Gasteiger partial charge on any atom is 0.160 e. The van der Waals surface area contributed by atoms with E-state index in [1.165, 1.54) is 48.1 Å². The fraction of sp³-hybridized carbons (Fsp3) is 0.625. The fourth-order valence-corrected chi connectivity index (χ4v) is 5.84. The van der Waals surface area contributed by atoms with Crippen molar-refractivity contribution < 1.29 is 0 Å². The summed E-state index contributed by atoms with van der Waals surface area (Å²) < 4.78 is 2.47. The molecule has 5 heteroatoms. The zero-order valence-corrected chi connectivity index (χ0v) is 13.8. The maximum atomic E-state index is 4.94. The van der Waals surface area contributed by atoms with Gasteiger partial charge in [-0.2, -0.15) is 23.5 Å². The average molecular weight is 319 g/mol. The Morgan fingerprint density at radius 1 is 1.14 bits per heavy atom. The van der Waals surface area contributed by atoms with Crippen molar-refractivity contribution in [1.82, 2.24) is 14.5 Å². The minimum absolute atomic E-state index is 0.600. The largest absolute Gasteiger partial charge is 0.309 e. The van der Waals surface area contributed by atoms with Crippen LogP contribution in [0.1, 0.15) is 31.1 Å². The lowest BCUT2D eigenvalue weighted by Crippen LogP contribution is -2.18. The van der Waals surface area contributed by atoms with Gasteiger partial charge in [0.2, 0.25) is 0 Å². The Kier molecular flexibility index (Phi) is 4.12. The lowest BCUT2D eigenvalue weighted by atomic mass is 9.98. The van der Waals surface area contributed by atoms with Gasteiger partial charge in [-0.25, -0.2) is 9.97 Å². The summed E-state index contributed by atoms with van der Waals surface area (Å²) in [5, 5.41) is 0. The SMILES string of the molecule is c1cnc2c(c1)nc(CC1CCSCC1)n2C1CCSC1. The summed E-state index contributed by atoms with van der Waals surface area (Å²) in [5.74, 6) is 7.24. The summed E-state index contributed by atoms with van der Waals surface area (Å²) in [6.45, 7) is 0. The smallest absolute Gasteiger partial charge is 0.160 e. The molecular formula is C16H21N3S2. The summed E-state index contributed by atoms with van der Waals surface area (Å²) in [6.07, 6.45) is 7.00. The molecule has 0 aromatic carbocycles. The van der Waals surface area contributed by atoms with E-state index in [0.717, 1.165) is 23.5 Å². The van der Waals surface area contributed by atoms with Crippen molar-refractivity contribution in [2.24, 2.45) is 5.92 Å². The number of hydrogen-bond acceptors (Lipinski definition) is 4. The van der Waals surface area contributed by atoms with Crippen molar-refractivity contribution in [2.75, 3.05) is 23.0 Å². The number of pyridine rings is 1. The lowest BCUT2D eigenvalue weighted by Gasteiger charge is -2.22. The van der Waals surface area contributed by atoms with Crippen molar-refractivity contribution in [2.45, 2.75) is 31.7 Å². The highest BCUT2D eigenvalue weighted by atomic mass is 32.2. The molecule has 2 fully saturated rings. The number of rotatable bonds is 3. The Morgan fingerprint density at radius 2 is 2.00 bits per heavy atom. The molecule has 1 atom stereocenters. The number of imidazole rings is 1. The Hall–Kier alpha value is -0.680. The molecular weight excluding hydrogens is 298 g/mol. The molecule has 2 saturated heterocycles. The van der Waals surface area contributed by atoms with Crippen LogP contribution in [0.25, 0.3) is 11.2 Å². The Bertz CT molecular complexity index is 613. The van der Waals surface area contributed by atoms with E-state index in [9.17, 15) is 0 Å². The fourth-order valence-electron chi connectivity index (χ4n) is 3.44.